The van der Waals surface area contributed by atoms with E-state index in [0.29, 0.717) is 6.61 Å². The number of ether oxygens (including phenoxy) is 1. The fourth-order valence-electron chi connectivity index (χ4n) is 1.60. The van der Waals surface area contributed by atoms with Gasteiger partial charge in [0.25, 0.3) is 0 Å². The molecule has 0 radical (unpaired) electrons. The summed E-state index contributed by atoms with van der Waals surface area (Å²) >= 11 is 2.29. The van der Waals surface area contributed by atoms with Gasteiger partial charge in [-0.1, -0.05) is 55.2 Å². The molecule has 0 N–H and O–H groups in total. The molecule has 0 aromatic heterocycles. The minimum absolute atomic E-state index is 0.155. The van der Waals surface area contributed by atoms with Gasteiger partial charge in [0.1, 0.15) is 5.60 Å². The van der Waals surface area contributed by atoms with E-state index in [2.05, 4.69) is 29.5 Å². The van der Waals surface area contributed by atoms with Crippen molar-refractivity contribution in [2.24, 2.45) is 0 Å². The maximum atomic E-state index is 5.64. The van der Waals surface area contributed by atoms with Gasteiger partial charge in [-0.2, -0.15) is 0 Å². The van der Waals surface area contributed by atoms with E-state index in [1.807, 2.05) is 6.92 Å². The van der Waals surface area contributed by atoms with Crippen LogP contribution < -0.4 is 0 Å². The smallest absolute Gasteiger partial charge is 0.191 e. The van der Waals surface area contributed by atoms with Crippen molar-refractivity contribution >= 4 is 22.6 Å². The zero-order valence-electron chi connectivity index (χ0n) is 10.3. The van der Waals surface area contributed by atoms with Crippen molar-refractivity contribution in [2.75, 3.05) is 11.0 Å². The van der Waals surface area contributed by atoms with E-state index in [4.69, 9.17) is 14.5 Å². The molecule has 1 aliphatic rings. The highest BCUT2D eigenvalue weighted by molar-refractivity contribution is 14.1. The molecule has 0 saturated carbocycles. The molecule has 0 unspecified atom stereocenters. The summed E-state index contributed by atoms with van der Waals surface area (Å²) in [5.74, 6) is 0. The zero-order valence-corrected chi connectivity index (χ0v) is 12.5. The fraction of sp³-hybridized carbons (Fsp3) is 1.00. The molecule has 1 rings (SSSR count). The molecule has 3 nitrogen and oxygen atoms in total. The van der Waals surface area contributed by atoms with Crippen molar-refractivity contribution in [1.82, 2.24) is 0 Å². The molecule has 0 aromatic carbocycles. The third-order valence-corrected chi connectivity index (χ3v) is 4.37. The highest BCUT2D eigenvalue weighted by atomic mass is 127. The topological polar surface area (TPSA) is 27.7 Å². The van der Waals surface area contributed by atoms with Crippen LogP contribution in [-0.2, 0) is 14.5 Å². The van der Waals surface area contributed by atoms with Crippen LogP contribution in [0, 0.1) is 0 Å². The fourth-order valence-corrected chi connectivity index (χ4v) is 1.95. The standard InChI is InChI=1S/C12H23IO3/c1-3-4-5-6-7-8-11-14-10-12(2,9-13)16-15-11/h11H,3-10H2,1-2H3/t11-,12+/m1/s1. The summed E-state index contributed by atoms with van der Waals surface area (Å²) in [5, 5.41) is 0. The first kappa shape index (κ1) is 14.7. The van der Waals surface area contributed by atoms with Gasteiger partial charge in [0.15, 0.2) is 6.29 Å². The molecule has 0 spiro atoms. The van der Waals surface area contributed by atoms with E-state index < -0.39 is 0 Å². The minimum Gasteiger partial charge on any atom is -0.347 e. The van der Waals surface area contributed by atoms with Crippen LogP contribution in [-0.4, -0.2) is 22.9 Å². The Balaban J connectivity index is 2.04. The molecule has 96 valence electrons. The second-order valence-corrected chi connectivity index (χ2v) is 5.47. The predicted octanol–water partition coefficient (Wildman–Crippen LogP) is 3.85. The largest absolute Gasteiger partial charge is 0.347 e. The highest BCUT2D eigenvalue weighted by Crippen LogP contribution is 2.24. The lowest BCUT2D eigenvalue weighted by Gasteiger charge is -2.34. The van der Waals surface area contributed by atoms with E-state index in [9.17, 15) is 0 Å². The van der Waals surface area contributed by atoms with Gasteiger partial charge in [-0.3, -0.25) is 0 Å². The number of hydrogen-bond donors (Lipinski definition) is 0. The van der Waals surface area contributed by atoms with Crippen molar-refractivity contribution in [3.63, 3.8) is 0 Å². The normalized spacial score (nSPS) is 30.6. The summed E-state index contributed by atoms with van der Waals surface area (Å²) in [6.45, 7) is 4.87. The van der Waals surface area contributed by atoms with Crippen LogP contribution in [0.3, 0.4) is 0 Å². The van der Waals surface area contributed by atoms with E-state index in [1.54, 1.807) is 0 Å². The number of halogens is 1. The highest BCUT2D eigenvalue weighted by Gasteiger charge is 2.33. The quantitative estimate of drug-likeness (QED) is 0.304. The van der Waals surface area contributed by atoms with Crippen molar-refractivity contribution in [1.29, 1.82) is 0 Å². The number of alkyl halides is 1. The lowest BCUT2D eigenvalue weighted by molar-refractivity contribution is -0.463. The lowest BCUT2D eigenvalue weighted by atomic mass is 10.1. The molecule has 16 heavy (non-hydrogen) atoms. The summed E-state index contributed by atoms with van der Waals surface area (Å²) in [5.41, 5.74) is -0.265. The average molecular weight is 342 g/mol. The van der Waals surface area contributed by atoms with Crippen LogP contribution in [0.2, 0.25) is 0 Å². The van der Waals surface area contributed by atoms with Crippen LogP contribution in [0.1, 0.15) is 52.4 Å². The molecule has 0 amide bonds. The van der Waals surface area contributed by atoms with Gasteiger partial charge >= 0.3 is 0 Å². The predicted molar refractivity (Wildman–Crippen MR) is 72.6 cm³/mol. The Kier molecular flexibility index (Phi) is 7.19. The van der Waals surface area contributed by atoms with Gasteiger partial charge in [0.05, 0.1) is 6.61 Å². The van der Waals surface area contributed by atoms with E-state index in [-0.39, 0.29) is 11.9 Å². The van der Waals surface area contributed by atoms with Gasteiger partial charge < -0.3 is 4.74 Å². The van der Waals surface area contributed by atoms with Crippen LogP contribution in [0.25, 0.3) is 0 Å². The second kappa shape index (κ2) is 7.84. The van der Waals surface area contributed by atoms with Gasteiger partial charge in [-0.25, -0.2) is 9.78 Å². The van der Waals surface area contributed by atoms with Crippen LogP contribution in [0.5, 0.6) is 0 Å². The molecule has 0 aromatic rings. The van der Waals surface area contributed by atoms with Crippen LogP contribution in [0.4, 0.5) is 0 Å². The third kappa shape index (κ3) is 5.29. The van der Waals surface area contributed by atoms with E-state index in [0.717, 1.165) is 17.3 Å². The Morgan fingerprint density at radius 3 is 2.56 bits per heavy atom. The molecule has 1 saturated heterocycles. The van der Waals surface area contributed by atoms with Crippen molar-refractivity contribution in [2.45, 2.75) is 64.3 Å². The summed E-state index contributed by atoms with van der Waals surface area (Å²) in [6.07, 6.45) is 7.15. The molecule has 1 aliphatic heterocycles. The molecule has 2 atom stereocenters. The average Bonchev–Trinajstić information content (AvgIpc) is 2.31. The number of rotatable bonds is 7. The summed E-state index contributed by atoms with van der Waals surface area (Å²) in [7, 11) is 0. The number of unbranched alkanes of at least 4 members (excludes halogenated alkanes) is 4. The Hall–Kier alpha value is 0.610. The van der Waals surface area contributed by atoms with Gasteiger partial charge in [0, 0.05) is 10.8 Å². The monoisotopic (exact) mass is 342 g/mol. The molecule has 0 bridgehead atoms. The van der Waals surface area contributed by atoms with Crippen molar-refractivity contribution in [3.05, 3.63) is 0 Å². The first-order valence-corrected chi connectivity index (χ1v) is 7.75. The minimum atomic E-state index is -0.265. The van der Waals surface area contributed by atoms with Crippen LogP contribution >= 0.6 is 22.6 Å². The van der Waals surface area contributed by atoms with E-state index in [1.165, 1.54) is 25.7 Å². The Morgan fingerprint density at radius 2 is 2.00 bits per heavy atom. The molecule has 4 heteroatoms. The second-order valence-electron chi connectivity index (χ2n) is 4.71. The zero-order chi connectivity index (χ0) is 11.9. The summed E-state index contributed by atoms with van der Waals surface area (Å²) in [4.78, 5) is 10.6. The Bertz CT molecular complexity index is 179. The maximum Gasteiger partial charge on any atom is 0.191 e. The maximum absolute atomic E-state index is 5.64. The molecule has 0 aliphatic carbocycles. The molecular formula is C12H23IO3. The molecule has 1 heterocycles. The third-order valence-electron chi connectivity index (χ3n) is 2.76. The SMILES string of the molecule is CCCCCCC[C@@H]1OC[C@](C)(CI)OO1. The first-order valence-electron chi connectivity index (χ1n) is 6.22. The lowest BCUT2D eigenvalue weighted by Crippen LogP contribution is -2.44. The van der Waals surface area contributed by atoms with Crippen molar-refractivity contribution in [3.8, 4) is 0 Å². The summed E-state index contributed by atoms with van der Waals surface area (Å²) < 4.78 is 6.52. The Labute approximate surface area is 112 Å². The molecule has 1 fully saturated rings. The molecular weight excluding hydrogens is 319 g/mol. The van der Waals surface area contributed by atoms with Crippen LogP contribution in [0.15, 0.2) is 0 Å². The Morgan fingerprint density at radius 1 is 1.25 bits per heavy atom. The van der Waals surface area contributed by atoms with E-state index >= 15 is 0 Å². The van der Waals surface area contributed by atoms with Gasteiger partial charge in [-0.05, 0) is 13.3 Å². The van der Waals surface area contributed by atoms with Crippen molar-refractivity contribution < 1.29 is 14.5 Å². The van der Waals surface area contributed by atoms with Gasteiger partial charge in [0.2, 0.25) is 0 Å². The summed E-state index contributed by atoms with van der Waals surface area (Å²) in [6, 6.07) is 0. The number of hydrogen-bond acceptors (Lipinski definition) is 3. The first-order chi connectivity index (χ1) is 7.70. The van der Waals surface area contributed by atoms with Gasteiger partial charge in [-0.15, -0.1) is 0 Å².